The third-order valence-corrected chi connectivity index (χ3v) is 3.39. The molecular weight excluding hydrogens is 230 g/mol. The van der Waals surface area contributed by atoms with Crippen molar-refractivity contribution >= 4 is 29.3 Å². The molecule has 4 heteroatoms. The first-order valence-corrected chi connectivity index (χ1v) is 6.45. The Hall–Kier alpha value is -0.670. The number of hydrogen-bond acceptors (Lipinski definition) is 2. The number of carbonyl (C=O) groups excluding carboxylic acids is 1. The van der Waals surface area contributed by atoms with Crippen molar-refractivity contribution in [1.29, 1.82) is 0 Å². The minimum atomic E-state index is -0.0570. The molecule has 1 aliphatic carbocycles. The van der Waals surface area contributed by atoms with E-state index in [9.17, 15) is 4.79 Å². The van der Waals surface area contributed by atoms with Crippen molar-refractivity contribution in [2.75, 3.05) is 6.26 Å². The molecule has 1 amide bonds. The smallest absolute Gasteiger partial charge is 0.253 e. The summed E-state index contributed by atoms with van der Waals surface area (Å²) in [6.07, 6.45) is 4.16. The highest BCUT2D eigenvalue weighted by Gasteiger charge is 2.24. The van der Waals surface area contributed by atoms with Crippen LogP contribution in [0, 0.1) is 0 Å². The highest BCUT2D eigenvalue weighted by molar-refractivity contribution is 7.98. The fourth-order valence-corrected chi connectivity index (χ4v) is 1.94. The van der Waals surface area contributed by atoms with Crippen LogP contribution in [0.15, 0.2) is 23.1 Å². The number of hydrogen-bond donors (Lipinski definition) is 1. The number of halogens is 1. The monoisotopic (exact) mass is 241 g/mol. The third kappa shape index (κ3) is 2.67. The third-order valence-electron chi connectivity index (χ3n) is 2.33. The number of carbonyl (C=O) groups is 1. The molecule has 2 nitrogen and oxygen atoms in total. The molecule has 0 heterocycles. The second-order valence-electron chi connectivity index (χ2n) is 3.59. The van der Waals surface area contributed by atoms with Gasteiger partial charge in [0.1, 0.15) is 0 Å². The van der Waals surface area contributed by atoms with E-state index in [2.05, 4.69) is 5.32 Å². The molecule has 1 N–H and O–H groups in total. The summed E-state index contributed by atoms with van der Waals surface area (Å²) in [5.41, 5.74) is 0.579. The van der Waals surface area contributed by atoms with Gasteiger partial charge in [0.25, 0.3) is 5.91 Å². The normalized spacial score (nSPS) is 15.1. The highest BCUT2D eigenvalue weighted by atomic mass is 35.5. The zero-order chi connectivity index (χ0) is 10.8. The predicted octanol–water partition coefficient (Wildman–Crippen LogP) is 2.95. The van der Waals surface area contributed by atoms with E-state index in [0.29, 0.717) is 16.6 Å². The van der Waals surface area contributed by atoms with Gasteiger partial charge in [-0.1, -0.05) is 11.6 Å². The van der Waals surface area contributed by atoms with Gasteiger partial charge in [0.15, 0.2) is 0 Å². The Labute approximate surface area is 98.4 Å². The van der Waals surface area contributed by atoms with Crippen LogP contribution in [0.5, 0.6) is 0 Å². The largest absolute Gasteiger partial charge is 0.349 e. The van der Waals surface area contributed by atoms with Crippen LogP contribution in [0.4, 0.5) is 0 Å². The lowest BCUT2D eigenvalue weighted by atomic mass is 10.2. The first-order valence-electron chi connectivity index (χ1n) is 4.85. The van der Waals surface area contributed by atoms with Gasteiger partial charge in [-0.05, 0) is 37.3 Å². The van der Waals surface area contributed by atoms with Crippen LogP contribution in [0.3, 0.4) is 0 Å². The van der Waals surface area contributed by atoms with Gasteiger partial charge in [0, 0.05) is 10.9 Å². The van der Waals surface area contributed by atoms with E-state index in [1.165, 1.54) is 0 Å². The van der Waals surface area contributed by atoms with Crippen LogP contribution in [-0.2, 0) is 0 Å². The summed E-state index contributed by atoms with van der Waals surface area (Å²) in [7, 11) is 0. The molecule has 0 aromatic heterocycles. The van der Waals surface area contributed by atoms with Crippen LogP contribution in [0.1, 0.15) is 23.2 Å². The molecule has 0 spiro atoms. The fraction of sp³-hybridized carbons (Fsp3) is 0.364. The molecule has 0 radical (unpaired) electrons. The fourth-order valence-electron chi connectivity index (χ4n) is 1.30. The summed E-state index contributed by atoms with van der Waals surface area (Å²) in [4.78, 5) is 12.8. The van der Waals surface area contributed by atoms with Crippen molar-refractivity contribution in [3.05, 3.63) is 28.8 Å². The minimum Gasteiger partial charge on any atom is -0.349 e. The number of nitrogens with one attached hydrogen (secondary N) is 1. The summed E-state index contributed by atoms with van der Waals surface area (Å²) in [6.45, 7) is 0. The van der Waals surface area contributed by atoms with Gasteiger partial charge in [0.2, 0.25) is 0 Å². The van der Waals surface area contributed by atoms with Gasteiger partial charge in [0.05, 0.1) is 10.6 Å². The summed E-state index contributed by atoms with van der Waals surface area (Å²) >= 11 is 7.59. The van der Waals surface area contributed by atoms with E-state index in [0.717, 1.165) is 17.7 Å². The van der Waals surface area contributed by atoms with Crippen molar-refractivity contribution in [3.8, 4) is 0 Å². The van der Waals surface area contributed by atoms with E-state index >= 15 is 0 Å². The summed E-state index contributed by atoms with van der Waals surface area (Å²) < 4.78 is 0. The van der Waals surface area contributed by atoms with Crippen molar-refractivity contribution in [3.63, 3.8) is 0 Å². The molecule has 0 aliphatic heterocycles. The Morgan fingerprint density at radius 1 is 1.53 bits per heavy atom. The molecule has 1 saturated carbocycles. The van der Waals surface area contributed by atoms with Crippen molar-refractivity contribution in [1.82, 2.24) is 5.32 Å². The zero-order valence-electron chi connectivity index (χ0n) is 8.42. The van der Waals surface area contributed by atoms with Crippen molar-refractivity contribution in [2.24, 2.45) is 0 Å². The maximum Gasteiger partial charge on any atom is 0.253 e. The molecular formula is C11H12ClNOS. The first kappa shape index (κ1) is 10.8. The van der Waals surface area contributed by atoms with Gasteiger partial charge in [-0.15, -0.1) is 11.8 Å². The molecule has 0 atom stereocenters. The van der Waals surface area contributed by atoms with Gasteiger partial charge < -0.3 is 5.32 Å². The first-order chi connectivity index (χ1) is 7.20. The molecule has 80 valence electrons. The summed E-state index contributed by atoms with van der Waals surface area (Å²) in [6, 6.07) is 5.90. The van der Waals surface area contributed by atoms with Gasteiger partial charge in [-0.3, -0.25) is 4.79 Å². The molecule has 0 unspecified atom stereocenters. The van der Waals surface area contributed by atoms with Crippen molar-refractivity contribution < 1.29 is 4.79 Å². The molecule has 15 heavy (non-hydrogen) atoms. The lowest BCUT2D eigenvalue weighted by Crippen LogP contribution is -2.25. The van der Waals surface area contributed by atoms with E-state index < -0.39 is 0 Å². The molecule has 1 aromatic rings. The Kier molecular flexibility index (Phi) is 3.22. The van der Waals surface area contributed by atoms with Crippen LogP contribution in [0.2, 0.25) is 5.02 Å². The van der Waals surface area contributed by atoms with E-state index in [4.69, 9.17) is 11.6 Å². The molecule has 0 saturated heterocycles. The molecule has 2 rings (SSSR count). The SMILES string of the molecule is CSc1ccc(Cl)c(C(=O)NC2CC2)c1. The Bertz CT molecular complexity index is 390. The number of thioether (sulfide) groups is 1. The van der Waals surface area contributed by atoms with Gasteiger partial charge in [-0.2, -0.15) is 0 Å². The molecule has 1 fully saturated rings. The second kappa shape index (κ2) is 4.45. The minimum absolute atomic E-state index is 0.0570. The maximum atomic E-state index is 11.8. The van der Waals surface area contributed by atoms with Crippen molar-refractivity contribution in [2.45, 2.75) is 23.8 Å². The molecule has 1 aromatic carbocycles. The summed E-state index contributed by atoms with van der Waals surface area (Å²) in [5, 5.41) is 3.45. The van der Waals surface area contributed by atoms with Crippen LogP contribution >= 0.6 is 23.4 Å². The lowest BCUT2D eigenvalue weighted by Gasteiger charge is -2.06. The van der Waals surface area contributed by atoms with E-state index in [1.54, 1.807) is 17.8 Å². The summed E-state index contributed by atoms with van der Waals surface area (Å²) in [5.74, 6) is -0.0570. The van der Waals surface area contributed by atoms with E-state index in [1.807, 2.05) is 18.4 Å². The highest BCUT2D eigenvalue weighted by Crippen LogP contribution is 2.25. The Morgan fingerprint density at radius 2 is 2.27 bits per heavy atom. The molecule has 0 bridgehead atoms. The zero-order valence-corrected chi connectivity index (χ0v) is 9.99. The van der Waals surface area contributed by atoms with Crippen LogP contribution in [-0.4, -0.2) is 18.2 Å². The standard InChI is InChI=1S/C11H12ClNOS/c1-15-8-4-5-10(12)9(6-8)11(14)13-7-2-3-7/h4-7H,2-3H2,1H3,(H,13,14). The molecule has 1 aliphatic rings. The van der Waals surface area contributed by atoms with Crippen LogP contribution < -0.4 is 5.32 Å². The van der Waals surface area contributed by atoms with Gasteiger partial charge >= 0.3 is 0 Å². The lowest BCUT2D eigenvalue weighted by molar-refractivity contribution is 0.0951. The van der Waals surface area contributed by atoms with Gasteiger partial charge in [-0.25, -0.2) is 0 Å². The number of benzene rings is 1. The average Bonchev–Trinajstić information content (AvgIpc) is 3.02. The maximum absolute atomic E-state index is 11.8. The number of rotatable bonds is 3. The Morgan fingerprint density at radius 3 is 2.87 bits per heavy atom. The number of amides is 1. The topological polar surface area (TPSA) is 29.1 Å². The quantitative estimate of drug-likeness (QED) is 0.825. The Balaban J connectivity index is 2.20. The second-order valence-corrected chi connectivity index (χ2v) is 4.88. The van der Waals surface area contributed by atoms with Crippen LogP contribution in [0.25, 0.3) is 0 Å². The van der Waals surface area contributed by atoms with E-state index in [-0.39, 0.29) is 5.91 Å². The average molecular weight is 242 g/mol. The predicted molar refractivity (Wildman–Crippen MR) is 63.7 cm³/mol.